The smallest absolute Gasteiger partial charge is 0.191 e. The molecule has 0 saturated carbocycles. The van der Waals surface area contributed by atoms with Gasteiger partial charge in [0, 0.05) is 6.92 Å². The van der Waals surface area contributed by atoms with Crippen molar-refractivity contribution in [1.82, 2.24) is 10.3 Å². The average Bonchev–Trinajstić information content (AvgIpc) is 2.41. The molecule has 0 fully saturated rings. The van der Waals surface area contributed by atoms with Gasteiger partial charge in [-0.1, -0.05) is 13.8 Å². The van der Waals surface area contributed by atoms with Crippen LogP contribution in [0, 0.1) is 12.3 Å². The largest absolute Gasteiger partial charge is 0.444 e. The lowest BCUT2D eigenvalue weighted by Gasteiger charge is -2.33. The minimum atomic E-state index is 0.323. The minimum absolute atomic E-state index is 0.323. The number of hydrogen-bond donors (Lipinski definition) is 1. The fourth-order valence-electron chi connectivity index (χ4n) is 2.29. The molecule has 1 aromatic heterocycles. The normalized spacial score (nSPS) is 24.7. The van der Waals surface area contributed by atoms with Gasteiger partial charge >= 0.3 is 0 Å². The summed E-state index contributed by atoms with van der Waals surface area (Å²) in [4.78, 5) is 4.44. The molecular formula is C11H18N2O. The molecule has 1 unspecified atom stereocenters. The second-order valence-electron chi connectivity index (χ2n) is 4.93. The molecule has 1 atom stereocenters. The van der Waals surface area contributed by atoms with Crippen LogP contribution in [0.5, 0.6) is 0 Å². The molecular weight excluding hydrogens is 176 g/mol. The zero-order valence-electron chi connectivity index (χ0n) is 9.35. The van der Waals surface area contributed by atoms with E-state index in [-0.39, 0.29) is 0 Å². The molecule has 0 radical (unpaired) electrons. The number of nitrogens with zero attached hydrogens (tertiary/aromatic N) is 1. The van der Waals surface area contributed by atoms with E-state index in [1.165, 1.54) is 0 Å². The van der Waals surface area contributed by atoms with Gasteiger partial charge in [0.05, 0.1) is 11.7 Å². The fourth-order valence-corrected chi connectivity index (χ4v) is 2.29. The molecule has 0 amide bonds. The van der Waals surface area contributed by atoms with Gasteiger partial charge in [0.1, 0.15) is 5.76 Å². The highest BCUT2D eigenvalue weighted by atomic mass is 16.4. The standard InChI is InChI=1S/C11H18N2O/c1-7-13-9-6-11(2,3)5-8(12-4)10(9)14-7/h8,12H,5-6H2,1-4H3. The van der Waals surface area contributed by atoms with E-state index in [0.717, 1.165) is 30.2 Å². The quantitative estimate of drug-likeness (QED) is 0.745. The lowest BCUT2D eigenvalue weighted by molar-refractivity contribution is 0.237. The van der Waals surface area contributed by atoms with Gasteiger partial charge in [-0.05, 0) is 25.3 Å². The van der Waals surface area contributed by atoms with Gasteiger partial charge in [-0.3, -0.25) is 0 Å². The van der Waals surface area contributed by atoms with Crippen LogP contribution in [-0.2, 0) is 6.42 Å². The van der Waals surface area contributed by atoms with Crippen molar-refractivity contribution in [3.63, 3.8) is 0 Å². The van der Waals surface area contributed by atoms with E-state index in [9.17, 15) is 0 Å². The van der Waals surface area contributed by atoms with Crippen molar-refractivity contribution in [3.05, 3.63) is 17.3 Å². The first-order valence-corrected chi connectivity index (χ1v) is 5.15. The Balaban J connectivity index is 2.40. The number of fused-ring (bicyclic) bond motifs is 1. The van der Waals surface area contributed by atoms with Crippen molar-refractivity contribution in [2.24, 2.45) is 5.41 Å². The first kappa shape index (κ1) is 9.71. The van der Waals surface area contributed by atoms with Gasteiger partial charge in [-0.25, -0.2) is 4.98 Å². The lowest BCUT2D eigenvalue weighted by Crippen LogP contribution is -2.31. The van der Waals surface area contributed by atoms with Crippen molar-refractivity contribution in [2.75, 3.05) is 7.05 Å². The molecule has 0 saturated heterocycles. The van der Waals surface area contributed by atoms with Crippen LogP contribution < -0.4 is 5.32 Å². The van der Waals surface area contributed by atoms with Gasteiger partial charge in [-0.2, -0.15) is 0 Å². The number of rotatable bonds is 1. The molecule has 78 valence electrons. The third-order valence-corrected chi connectivity index (χ3v) is 2.90. The molecule has 2 rings (SSSR count). The van der Waals surface area contributed by atoms with Crippen LogP contribution in [0.2, 0.25) is 0 Å². The van der Waals surface area contributed by atoms with E-state index in [2.05, 4.69) is 24.1 Å². The van der Waals surface area contributed by atoms with E-state index in [0.29, 0.717) is 11.5 Å². The monoisotopic (exact) mass is 194 g/mol. The summed E-state index contributed by atoms with van der Waals surface area (Å²) < 4.78 is 5.63. The Morgan fingerprint density at radius 3 is 2.86 bits per heavy atom. The third kappa shape index (κ3) is 1.57. The topological polar surface area (TPSA) is 38.1 Å². The van der Waals surface area contributed by atoms with E-state index in [1.54, 1.807) is 0 Å². The molecule has 1 aliphatic carbocycles. The summed E-state index contributed by atoms with van der Waals surface area (Å²) in [6.45, 7) is 6.48. The van der Waals surface area contributed by atoms with Gasteiger partial charge in [0.2, 0.25) is 0 Å². The molecule has 14 heavy (non-hydrogen) atoms. The maximum atomic E-state index is 5.63. The summed E-state index contributed by atoms with van der Waals surface area (Å²) in [5.41, 5.74) is 1.46. The van der Waals surface area contributed by atoms with Crippen molar-refractivity contribution in [2.45, 2.75) is 39.7 Å². The van der Waals surface area contributed by atoms with Crippen molar-refractivity contribution in [3.8, 4) is 0 Å². The Morgan fingerprint density at radius 2 is 2.21 bits per heavy atom. The molecule has 0 spiro atoms. The predicted molar refractivity (Wildman–Crippen MR) is 55.1 cm³/mol. The first-order chi connectivity index (χ1) is 6.52. The van der Waals surface area contributed by atoms with Gasteiger partial charge in [0.25, 0.3) is 0 Å². The second kappa shape index (κ2) is 3.09. The Kier molecular flexibility index (Phi) is 2.14. The molecule has 0 aromatic carbocycles. The number of aromatic nitrogens is 1. The highest BCUT2D eigenvalue weighted by Gasteiger charge is 2.35. The molecule has 0 aliphatic heterocycles. The molecule has 1 N–H and O–H groups in total. The van der Waals surface area contributed by atoms with Crippen molar-refractivity contribution >= 4 is 0 Å². The summed E-state index contributed by atoms with van der Waals surface area (Å²) in [7, 11) is 1.98. The minimum Gasteiger partial charge on any atom is -0.444 e. The molecule has 1 aliphatic rings. The average molecular weight is 194 g/mol. The van der Waals surface area contributed by atoms with E-state index in [1.807, 2.05) is 14.0 Å². The highest BCUT2D eigenvalue weighted by molar-refractivity contribution is 5.20. The summed E-state index contributed by atoms with van der Waals surface area (Å²) in [5, 5.41) is 3.30. The van der Waals surface area contributed by atoms with Crippen LogP contribution in [0.15, 0.2) is 4.42 Å². The Bertz CT molecular complexity index is 341. The summed E-state index contributed by atoms with van der Waals surface area (Å²) >= 11 is 0. The molecule has 1 aromatic rings. The Labute approximate surface area is 84.9 Å². The van der Waals surface area contributed by atoms with Gasteiger partial charge in [0.15, 0.2) is 5.89 Å². The Morgan fingerprint density at radius 1 is 1.50 bits per heavy atom. The van der Waals surface area contributed by atoms with Crippen LogP contribution in [0.4, 0.5) is 0 Å². The molecule has 3 heteroatoms. The number of oxazole rings is 1. The number of nitrogens with one attached hydrogen (secondary N) is 1. The Hall–Kier alpha value is -0.830. The van der Waals surface area contributed by atoms with E-state index >= 15 is 0 Å². The zero-order chi connectivity index (χ0) is 10.3. The summed E-state index contributed by atoms with van der Waals surface area (Å²) in [6, 6.07) is 0.329. The highest BCUT2D eigenvalue weighted by Crippen LogP contribution is 2.40. The van der Waals surface area contributed by atoms with Crippen LogP contribution in [0.1, 0.15) is 43.7 Å². The van der Waals surface area contributed by atoms with Crippen LogP contribution in [-0.4, -0.2) is 12.0 Å². The van der Waals surface area contributed by atoms with Crippen LogP contribution in [0.3, 0.4) is 0 Å². The van der Waals surface area contributed by atoms with E-state index in [4.69, 9.17) is 4.42 Å². The van der Waals surface area contributed by atoms with Gasteiger partial charge in [-0.15, -0.1) is 0 Å². The maximum absolute atomic E-state index is 5.63. The maximum Gasteiger partial charge on any atom is 0.191 e. The second-order valence-corrected chi connectivity index (χ2v) is 4.93. The molecule has 3 nitrogen and oxygen atoms in total. The van der Waals surface area contributed by atoms with Crippen molar-refractivity contribution < 1.29 is 4.42 Å². The van der Waals surface area contributed by atoms with Gasteiger partial charge < -0.3 is 9.73 Å². The summed E-state index contributed by atoms with van der Waals surface area (Å²) in [6.07, 6.45) is 2.14. The predicted octanol–water partition coefficient (Wildman–Crippen LogP) is 2.22. The van der Waals surface area contributed by atoms with Crippen LogP contribution >= 0.6 is 0 Å². The first-order valence-electron chi connectivity index (χ1n) is 5.15. The number of aryl methyl sites for hydroxylation is 1. The van der Waals surface area contributed by atoms with Crippen LogP contribution in [0.25, 0.3) is 0 Å². The number of hydrogen-bond acceptors (Lipinski definition) is 3. The SMILES string of the molecule is CNC1CC(C)(C)Cc2nc(C)oc21. The molecule has 0 bridgehead atoms. The van der Waals surface area contributed by atoms with Crippen molar-refractivity contribution in [1.29, 1.82) is 0 Å². The molecule has 1 heterocycles. The fraction of sp³-hybridized carbons (Fsp3) is 0.727. The van der Waals surface area contributed by atoms with E-state index < -0.39 is 0 Å². The third-order valence-electron chi connectivity index (χ3n) is 2.90. The zero-order valence-corrected chi connectivity index (χ0v) is 9.35. The summed E-state index contributed by atoms with van der Waals surface area (Å²) in [5.74, 6) is 1.83. The lowest BCUT2D eigenvalue weighted by atomic mass is 9.76.